The van der Waals surface area contributed by atoms with Crippen molar-refractivity contribution in [2.24, 2.45) is 0 Å². The van der Waals surface area contributed by atoms with Crippen LogP contribution < -0.4 is 10.6 Å². The summed E-state index contributed by atoms with van der Waals surface area (Å²) in [7, 11) is 0. The summed E-state index contributed by atoms with van der Waals surface area (Å²) in [5.74, 6) is 0.308. The van der Waals surface area contributed by atoms with Crippen LogP contribution in [0.25, 0.3) is 0 Å². The summed E-state index contributed by atoms with van der Waals surface area (Å²) in [6, 6.07) is 1.73. The number of thiazole rings is 1. The molecule has 0 fully saturated rings. The first-order chi connectivity index (χ1) is 8.79. The zero-order chi connectivity index (χ0) is 12.8. The molecule has 0 aliphatic heterocycles. The number of aromatic nitrogens is 3. The predicted molar refractivity (Wildman–Crippen MR) is 70.1 cm³/mol. The Labute approximate surface area is 109 Å². The predicted octanol–water partition coefficient (Wildman–Crippen LogP) is 1.82. The Balaban J connectivity index is 2.00. The number of amides is 1. The standard InChI is InChI=1S/C11H13N5OS/c1-2-4-12-9(17)8-7-18-11(15-8)16-10-13-5-3-6-14-10/h3,5-7H,2,4H2,1H3,(H,12,17)(H,13,14,15,16). The average Bonchev–Trinajstić information content (AvgIpc) is 2.86. The van der Waals surface area contributed by atoms with Gasteiger partial charge in [0.25, 0.3) is 5.91 Å². The van der Waals surface area contributed by atoms with Gasteiger partial charge >= 0.3 is 0 Å². The first kappa shape index (κ1) is 12.4. The zero-order valence-electron chi connectivity index (χ0n) is 9.88. The summed E-state index contributed by atoms with van der Waals surface area (Å²) in [5.41, 5.74) is 0.409. The fourth-order valence-electron chi connectivity index (χ4n) is 1.22. The lowest BCUT2D eigenvalue weighted by atomic mass is 10.4. The lowest BCUT2D eigenvalue weighted by Gasteiger charge is -2.00. The molecule has 94 valence electrons. The highest BCUT2D eigenvalue weighted by Gasteiger charge is 2.10. The van der Waals surface area contributed by atoms with Crippen LogP contribution >= 0.6 is 11.3 Å². The second-order valence-electron chi connectivity index (χ2n) is 3.49. The maximum absolute atomic E-state index is 11.6. The van der Waals surface area contributed by atoms with E-state index in [2.05, 4.69) is 25.6 Å². The summed E-state index contributed by atoms with van der Waals surface area (Å²) in [6.07, 6.45) is 4.18. The molecule has 2 rings (SSSR count). The van der Waals surface area contributed by atoms with E-state index in [-0.39, 0.29) is 5.91 Å². The zero-order valence-corrected chi connectivity index (χ0v) is 10.7. The molecule has 6 nitrogen and oxygen atoms in total. The van der Waals surface area contributed by atoms with Gasteiger partial charge in [-0.15, -0.1) is 11.3 Å². The smallest absolute Gasteiger partial charge is 0.270 e. The highest BCUT2D eigenvalue weighted by Crippen LogP contribution is 2.18. The molecular formula is C11H13N5OS. The Morgan fingerprint density at radius 1 is 1.39 bits per heavy atom. The van der Waals surface area contributed by atoms with Gasteiger partial charge in [-0.25, -0.2) is 15.0 Å². The van der Waals surface area contributed by atoms with E-state index in [0.717, 1.165) is 6.42 Å². The summed E-state index contributed by atoms with van der Waals surface area (Å²) < 4.78 is 0. The summed E-state index contributed by atoms with van der Waals surface area (Å²) in [6.45, 7) is 2.65. The van der Waals surface area contributed by atoms with E-state index in [9.17, 15) is 4.79 Å². The summed E-state index contributed by atoms with van der Waals surface area (Å²) >= 11 is 1.34. The third kappa shape index (κ3) is 3.24. The normalized spacial score (nSPS) is 10.1. The lowest BCUT2D eigenvalue weighted by Crippen LogP contribution is -2.24. The molecular weight excluding hydrogens is 250 g/mol. The van der Waals surface area contributed by atoms with Crippen LogP contribution in [0.2, 0.25) is 0 Å². The Bertz CT molecular complexity index is 513. The van der Waals surface area contributed by atoms with Crippen LogP contribution in [0.1, 0.15) is 23.8 Å². The molecule has 0 aliphatic carbocycles. The molecule has 0 saturated heterocycles. The van der Waals surface area contributed by atoms with Crippen LogP contribution in [0.15, 0.2) is 23.8 Å². The van der Waals surface area contributed by atoms with Crippen LogP contribution in [0, 0.1) is 0 Å². The van der Waals surface area contributed by atoms with Crippen molar-refractivity contribution in [3.63, 3.8) is 0 Å². The minimum atomic E-state index is -0.157. The SMILES string of the molecule is CCCNC(=O)c1csc(Nc2ncccn2)n1. The van der Waals surface area contributed by atoms with Crippen LogP contribution in [0.4, 0.5) is 11.1 Å². The topological polar surface area (TPSA) is 79.8 Å². The average molecular weight is 263 g/mol. The molecule has 2 N–H and O–H groups in total. The molecule has 0 saturated carbocycles. The van der Waals surface area contributed by atoms with Crippen molar-refractivity contribution in [1.29, 1.82) is 0 Å². The molecule has 0 aliphatic rings. The molecule has 18 heavy (non-hydrogen) atoms. The van der Waals surface area contributed by atoms with E-state index in [0.29, 0.717) is 23.3 Å². The van der Waals surface area contributed by atoms with Crippen LogP contribution in [-0.4, -0.2) is 27.4 Å². The first-order valence-electron chi connectivity index (χ1n) is 5.57. The molecule has 0 spiro atoms. The molecule has 1 amide bonds. The van der Waals surface area contributed by atoms with Crippen LogP contribution in [0.3, 0.4) is 0 Å². The number of rotatable bonds is 5. The number of nitrogens with zero attached hydrogens (tertiary/aromatic N) is 3. The van der Waals surface area contributed by atoms with Crippen LogP contribution in [0.5, 0.6) is 0 Å². The lowest BCUT2D eigenvalue weighted by molar-refractivity contribution is 0.0949. The van der Waals surface area contributed by atoms with Gasteiger partial charge in [-0.2, -0.15) is 0 Å². The van der Waals surface area contributed by atoms with E-state index >= 15 is 0 Å². The molecule has 0 unspecified atom stereocenters. The monoisotopic (exact) mass is 263 g/mol. The Kier molecular flexibility index (Phi) is 4.19. The second kappa shape index (κ2) is 6.06. The van der Waals surface area contributed by atoms with Gasteiger partial charge in [-0.3, -0.25) is 4.79 Å². The molecule has 0 radical (unpaired) electrons. The van der Waals surface area contributed by atoms with E-state index in [1.54, 1.807) is 23.8 Å². The fourth-order valence-corrected chi connectivity index (χ4v) is 1.91. The van der Waals surface area contributed by atoms with Crippen molar-refractivity contribution < 1.29 is 4.79 Å². The van der Waals surface area contributed by atoms with Gasteiger partial charge in [0, 0.05) is 24.3 Å². The quantitative estimate of drug-likeness (QED) is 0.860. The minimum absolute atomic E-state index is 0.157. The number of hydrogen-bond acceptors (Lipinski definition) is 6. The van der Waals surface area contributed by atoms with E-state index in [1.165, 1.54) is 11.3 Å². The van der Waals surface area contributed by atoms with Crippen molar-refractivity contribution in [2.45, 2.75) is 13.3 Å². The Morgan fingerprint density at radius 2 is 2.17 bits per heavy atom. The van der Waals surface area contributed by atoms with E-state index in [4.69, 9.17) is 0 Å². The van der Waals surface area contributed by atoms with Crippen molar-refractivity contribution in [3.8, 4) is 0 Å². The Morgan fingerprint density at radius 3 is 2.89 bits per heavy atom. The number of anilines is 2. The molecule has 7 heteroatoms. The van der Waals surface area contributed by atoms with Gasteiger partial charge in [0.05, 0.1) is 0 Å². The third-order valence-corrected chi connectivity index (χ3v) is 2.81. The first-order valence-corrected chi connectivity index (χ1v) is 6.45. The highest BCUT2D eigenvalue weighted by atomic mass is 32.1. The molecule has 2 heterocycles. The Hall–Kier alpha value is -2.02. The van der Waals surface area contributed by atoms with E-state index in [1.807, 2.05) is 6.92 Å². The fraction of sp³-hybridized carbons (Fsp3) is 0.273. The van der Waals surface area contributed by atoms with Crippen molar-refractivity contribution in [1.82, 2.24) is 20.3 Å². The molecule has 2 aromatic rings. The molecule has 0 aromatic carbocycles. The number of hydrogen-bond donors (Lipinski definition) is 2. The van der Waals surface area contributed by atoms with Gasteiger partial charge in [0.2, 0.25) is 5.95 Å². The molecule has 2 aromatic heterocycles. The number of carbonyl (C=O) groups is 1. The van der Waals surface area contributed by atoms with Gasteiger partial charge in [0.1, 0.15) is 5.69 Å². The maximum atomic E-state index is 11.6. The number of carbonyl (C=O) groups excluding carboxylic acids is 1. The molecule has 0 bridgehead atoms. The number of nitrogens with one attached hydrogen (secondary N) is 2. The van der Waals surface area contributed by atoms with Crippen LogP contribution in [-0.2, 0) is 0 Å². The van der Waals surface area contributed by atoms with Crippen molar-refractivity contribution in [3.05, 3.63) is 29.5 Å². The van der Waals surface area contributed by atoms with Gasteiger partial charge in [-0.05, 0) is 12.5 Å². The van der Waals surface area contributed by atoms with Crippen molar-refractivity contribution in [2.75, 3.05) is 11.9 Å². The highest BCUT2D eigenvalue weighted by molar-refractivity contribution is 7.14. The van der Waals surface area contributed by atoms with Gasteiger partial charge in [-0.1, -0.05) is 6.92 Å². The summed E-state index contributed by atoms with van der Waals surface area (Å²) in [4.78, 5) is 23.9. The van der Waals surface area contributed by atoms with Crippen molar-refractivity contribution >= 4 is 28.3 Å². The maximum Gasteiger partial charge on any atom is 0.270 e. The van der Waals surface area contributed by atoms with Gasteiger partial charge in [0.15, 0.2) is 5.13 Å². The second-order valence-corrected chi connectivity index (χ2v) is 4.35. The third-order valence-electron chi connectivity index (χ3n) is 2.06. The molecule has 0 atom stereocenters. The minimum Gasteiger partial charge on any atom is -0.351 e. The summed E-state index contributed by atoms with van der Waals surface area (Å²) in [5, 5.41) is 8.02. The van der Waals surface area contributed by atoms with E-state index < -0.39 is 0 Å². The van der Waals surface area contributed by atoms with Gasteiger partial charge < -0.3 is 10.6 Å². The largest absolute Gasteiger partial charge is 0.351 e.